The molecule has 1 aromatic heterocycles. The summed E-state index contributed by atoms with van der Waals surface area (Å²) in [6.45, 7) is 4.04. The van der Waals surface area contributed by atoms with Gasteiger partial charge in [-0.05, 0) is 49.7 Å². The third kappa shape index (κ3) is 3.55. The molecule has 2 aromatic carbocycles. The van der Waals surface area contributed by atoms with Gasteiger partial charge in [-0.2, -0.15) is 0 Å². The largest absolute Gasteiger partial charge is 0.482 e. The lowest BCUT2D eigenvalue weighted by atomic mass is 9.99. The fraction of sp³-hybridized carbons (Fsp3) is 0.375. The number of piperidine rings is 1. The van der Waals surface area contributed by atoms with Crippen molar-refractivity contribution in [3.63, 3.8) is 0 Å². The Bertz CT molecular complexity index is 1350. The molecule has 2 saturated heterocycles. The Labute approximate surface area is 192 Å². The molecule has 172 valence electrons. The second-order valence-electron chi connectivity index (χ2n) is 8.99. The van der Waals surface area contributed by atoms with Crippen molar-refractivity contribution in [2.24, 2.45) is 0 Å². The van der Waals surface area contributed by atoms with E-state index in [9.17, 15) is 13.2 Å². The van der Waals surface area contributed by atoms with Crippen molar-refractivity contribution >= 4 is 38.2 Å². The van der Waals surface area contributed by atoms with Crippen LogP contribution in [-0.2, 0) is 14.8 Å². The van der Waals surface area contributed by atoms with Crippen LogP contribution >= 0.6 is 0 Å². The van der Waals surface area contributed by atoms with E-state index < -0.39 is 10.0 Å². The van der Waals surface area contributed by atoms with Crippen LogP contribution in [0.1, 0.15) is 19.3 Å². The highest BCUT2D eigenvalue weighted by molar-refractivity contribution is 7.90. The molecule has 1 N–H and O–H groups in total. The number of fused-ring (bicyclic) bond motifs is 3. The molecule has 1 unspecified atom stereocenters. The number of nitrogens with one attached hydrogen (secondary N) is 1. The van der Waals surface area contributed by atoms with Gasteiger partial charge in [0, 0.05) is 49.0 Å². The first-order valence-corrected chi connectivity index (χ1v) is 12.9. The topological polar surface area (TPSA) is 83.9 Å². The number of piperazine rings is 1. The Morgan fingerprint density at radius 2 is 1.91 bits per heavy atom. The Kier molecular flexibility index (Phi) is 4.84. The molecule has 0 spiro atoms. The highest BCUT2D eigenvalue weighted by Crippen LogP contribution is 2.33. The molecule has 0 radical (unpaired) electrons. The van der Waals surface area contributed by atoms with E-state index in [1.807, 2.05) is 18.2 Å². The molecule has 2 fully saturated rings. The van der Waals surface area contributed by atoms with E-state index in [2.05, 4.69) is 21.2 Å². The molecule has 1 amide bonds. The van der Waals surface area contributed by atoms with E-state index in [4.69, 9.17) is 4.74 Å². The first-order valence-electron chi connectivity index (χ1n) is 11.4. The van der Waals surface area contributed by atoms with Crippen LogP contribution in [0.4, 0.5) is 11.4 Å². The number of nitrogens with zero attached hydrogens (tertiary/aromatic N) is 3. The number of carbonyl (C=O) groups is 1. The third-order valence-corrected chi connectivity index (χ3v) is 8.67. The SMILES string of the molecule is O=C1COc2cc(S(=O)(=O)n3ccc4ccc(N5CCN6CCCCC6C5)cc43)ccc2N1. The quantitative estimate of drug-likeness (QED) is 0.639. The second-order valence-corrected chi connectivity index (χ2v) is 10.8. The normalized spacial score (nSPS) is 21.3. The molecule has 1 atom stereocenters. The van der Waals surface area contributed by atoms with Crippen molar-refractivity contribution in [1.29, 1.82) is 0 Å². The number of benzene rings is 2. The minimum atomic E-state index is -3.84. The first kappa shape index (κ1) is 20.6. The summed E-state index contributed by atoms with van der Waals surface area (Å²) in [4.78, 5) is 16.6. The van der Waals surface area contributed by atoms with Gasteiger partial charge < -0.3 is 15.0 Å². The molecule has 3 aromatic rings. The molecule has 3 aliphatic heterocycles. The van der Waals surface area contributed by atoms with E-state index >= 15 is 0 Å². The lowest BCUT2D eigenvalue weighted by Crippen LogP contribution is -2.54. The minimum Gasteiger partial charge on any atom is -0.482 e. The van der Waals surface area contributed by atoms with E-state index in [1.165, 1.54) is 41.9 Å². The number of hydrogen-bond acceptors (Lipinski definition) is 6. The van der Waals surface area contributed by atoms with Crippen LogP contribution in [-0.4, -0.2) is 62.0 Å². The van der Waals surface area contributed by atoms with E-state index in [0.717, 1.165) is 30.7 Å². The monoisotopic (exact) mass is 466 g/mol. The van der Waals surface area contributed by atoms with Crippen molar-refractivity contribution in [3.8, 4) is 5.75 Å². The van der Waals surface area contributed by atoms with Gasteiger partial charge in [-0.15, -0.1) is 0 Å². The fourth-order valence-corrected chi connectivity index (χ4v) is 6.58. The van der Waals surface area contributed by atoms with Crippen molar-refractivity contribution < 1.29 is 17.9 Å². The van der Waals surface area contributed by atoms with Crippen LogP contribution in [0, 0.1) is 0 Å². The van der Waals surface area contributed by atoms with E-state index in [0.29, 0.717) is 23.0 Å². The van der Waals surface area contributed by atoms with Crippen molar-refractivity contribution in [3.05, 3.63) is 48.7 Å². The Hall–Kier alpha value is -3.04. The van der Waals surface area contributed by atoms with Gasteiger partial charge in [-0.25, -0.2) is 12.4 Å². The number of carbonyl (C=O) groups excluding carboxylic acids is 1. The van der Waals surface area contributed by atoms with Gasteiger partial charge in [0.15, 0.2) is 6.61 Å². The molecule has 6 rings (SSSR count). The number of anilines is 2. The lowest BCUT2D eigenvalue weighted by molar-refractivity contribution is -0.118. The molecule has 33 heavy (non-hydrogen) atoms. The summed E-state index contributed by atoms with van der Waals surface area (Å²) in [5, 5.41) is 3.57. The molecule has 0 saturated carbocycles. The van der Waals surface area contributed by atoms with Crippen molar-refractivity contribution in [1.82, 2.24) is 8.87 Å². The third-order valence-electron chi connectivity index (χ3n) is 6.99. The predicted molar refractivity (Wildman–Crippen MR) is 127 cm³/mol. The fourth-order valence-electron chi connectivity index (χ4n) is 5.22. The predicted octanol–water partition coefficient (Wildman–Crippen LogP) is 2.88. The van der Waals surface area contributed by atoms with Gasteiger partial charge in [0.2, 0.25) is 0 Å². The number of hydrogen-bond donors (Lipinski definition) is 1. The molecule has 3 aliphatic rings. The summed E-state index contributed by atoms with van der Waals surface area (Å²) in [6, 6.07) is 13.0. The smallest absolute Gasteiger partial charge is 0.268 e. The molecule has 4 heterocycles. The zero-order valence-corrected chi connectivity index (χ0v) is 19.1. The van der Waals surface area contributed by atoms with Gasteiger partial charge in [0.1, 0.15) is 5.75 Å². The zero-order chi connectivity index (χ0) is 22.6. The van der Waals surface area contributed by atoms with Gasteiger partial charge in [-0.3, -0.25) is 9.69 Å². The van der Waals surface area contributed by atoms with Crippen LogP contribution in [0.2, 0.25) is 0 Å². The molecule has 0 bridgehead atoms. The standard InChI is InChI=1S/C24H26N4O4S/c29-24-16-32-23-14-20(6-7-21(23)25-24)33(30,31)28-10-8-17-4-5-18(13-22(17)28)27-12-11-26-9-2-1-3-19(26)15-27/h4-8,10,13-14,19H,1-3,9,11-12,15-16H2,(H,25,29). The van der Waals surface area contributed by atoms with Gasteiger partial charge in [-0.1, -0.05) is 12.5 Å². The van der Waals surface area contributed by atoms with E-state index in [1.54, 1.807) is 12.3 Å². The summed E-state index contributed by atoms with van der Waals surface area (Å²) in [5.74, 6) is 0.106. The average molecular weight is 467 g/mol. The van der Waals surface area contributed by atoms with Gasteiger partial charge in [0.25, 0.3) is 15.9 Å². The molecular weight excluding hydrogens is 440 g/mol. The summed E-state index contributed by atoms with van der Waals surface area (Å²) >= 11 is 0. The van der Waals surface area contributed by atoms with Crippen LogP contribution in [0.25, 0.3) is 10.9 Å². The van der Waals surface area contributed by atoms with Crippen LogP contribution in [0.3, 0.4) is 0 Å². The Balaban J connectivity index is 1.34. The molecular formula is C24H26N4O4S. The highest BCUT2D eigenvalue weighted by atomic mass is 32.2. The van der Waals surface area contributed by atoms with Crippen LogP contribution < -0.4 is 15.0 Å². The number of amides is 1. The maximum absolute atomic E-state index is 13.5. The maximum atomic E-state index is 13.5. The first-order chi connectivity index (χ1) is 16.0. The highest BCUT2D eigenvalue weighted by Gasteiger charge is 2.29. The van der Waals surface area contributed by atoms with Gasteiger partial charge in [0.05, 0.1) is 16.1 Å². The van der Waals surface area contributed by atoms with Crippen molar-refractivity contribution in [2.45, 2.75) is 30.2 Å². The molecule has 0 aliphatic carbocycles. The number of rotatable bonds is 3. The molecule has 9 heteroatoms. The van der Waals surface area contributed by atoms with Crippen LogP contribution in [0.5, 0.6) is 5.75 Å². The minimum absolute atomic E-state index is 0.121. The second kappa shape index (κ2) is 7.78. The Morgan fingerprint density at radius 3 is 2.82 bits per heavy atom. The number of ether oxygens (including phenoxy) is 1. The molecule has 8 nitrogen and oxygen atoms in total. The average Bonchev–Trinajstić information content (AvgIpc) is 3.27. The summed E-state index contributed by atoms with van der Waals surface area (Å²) in [5.41, 5.74) is 2.19. The summed E-state index contributed by atoms with van der Waals surface area (Å²) in [7, 11) is -3.84. The maximum Gasteiger partial charge on any atom is 0.268 e. The Morgan fingerprint density at radius 1 is 1.00 bits per heavy atom. The van der Waals surface area contributed by atoms with Crippen molar-refractivity contribution in [2.75, 3.05) is 43.0 Å². The summed E-state index contributed by atoms with van der Waals surface area (Å²) < 4.78 is 33.8. The number of aromatic nitrogens is 1. The van der Waals surface area contributed by atoms with Crippen LogP contribution in [0.15, 0.2) is 53.6 Å². The zero-order valence-electron chi connectivity index (χ0n) is 18.2. The summed E-state index contributed by atoms with van der Waals surface area (Å²) in [6.07, 6.45) is 5.40. The van der Waals surface area contributed by atoms with E-state index in [-0.39, 0.29) is 17.4 Å². The lowest BCUT2D eigenvalue weighted by Gasteiger charge is -2.45. The van der Waals surface area contributed by atoms with Gasteiger partial charge >= 0.3 is 0 Å².